The number of amides is 2. The van der Waals surface area contributed by atoms with Crippen molar-refractivity contribution in [2.45, 2.75) is 12.5 Å². The SMILES string of the molecule is COc1cccc(N2CC(CNC(=O)Cc3ccc(Cl)cc3)OCC2=O)c1. The maximum atomic E-state index is 12.2. The van der Waals surface area contributed by atoms with E-state index in [4.69, 9.17) is 21.1 Å². The molecule has 7 heteroatoms. The van der Waals surface area contributed by atoms with E-state index in [1.165, 1.54) is 0 Å². The van der Waals surface area contributed by atoms with Crippen LogP contribution in [0.3, 0.4) is 0 Å². The molecule has 0 saturated carbocycles. The van der Waals surface area contributed by atoms with Crippen LogP contribution in [0.5, 0.6) is 5.75 Å². The zero-order chi connectivity index (χ0) is 19.2. The van der Waals surface area contributed by atoms with Gasteiger partial charge in [0, 0.05) is 23.3 Å². The molecule has 1 fully saturated rings. The second-order valence-corrected chi connectivity index (χ2v) is 6.68. The highest BCUT2D eigenvalue weighted by atomic mass is 35.5. The lowest BCUT2D eigenvalue weighted by Crippen LogP contribution is -2.50. The van der Waals surface area contributed by atoms with Gasteiger partial charge in [-0.1, -0.05) is 29.8 Å². The summed E-state index contributed by atoms with van der Waals surface area (Å²) in [6.45, 7) is 0.683. The summed E-state index contributed by atoms with van der Waals surface area (Å²) < 4.78 is 10.8. The Morgan fingerprint density at radius 3 is 2.81 bits per heavy atom. The maximum absolute atomic E-state index is 12.2. The Balaban J connectivity index is 1.55. The number of nitrogens with zero attached hydrogens (tertiary/aromatic N) is 1. The van der Waals surface area contributed by atoms with E-state index in [0.29, 0.717) is 23.9 Å². The topological polar surface area (TPSA) is 67.9 Å². The van der Waals surface area contributed by atoms with Crippen LogP contribution in [-0.4, -0.2) is 44.7 Å². The quantitative estimate of drug-likeness (QED) is 0.825. The van der Waals surface area contributed by atoms with Crippen LogP contribution in [0.25, 0.3) is 0 Å². The van der Waals surface area contributed by atoms with Crippen molar-refractivity contribution < 1.29 is 19.1 Å². The molecular weight excluding hydrogens is 368 g/mol. The highest BCUT2D eigenvalue weighted by Gasteiger charge is 2.27. The molecule has 1 aliphatic rings. The van der Waals surface area contributed by atoms with Crippen LogP contribution in [0.2, 0.25) is 5.02 Å². The summed E-state index contributed by atoms with van der Waals surface area (Å²) in [4.78, 5) is 26.0. The number of hydrogen-bond donors (Lipinski definition) is 1. The Kier molecular flexibility index (Phi) is 6.32. The van der Waals surface area contributed by atoms with Gasteiger partial charge in [0.05, 0.1) is 26.2 Å². The highest BCUT2D eigenvalue weighted by Crippen LogP contribution is 2.23. The van der Waals surface area contributed by atoms with Gasteiger partial charge in [-0.2, -0.15) is 0 Å². The number of hydrogen-bond acceptors (Lipinski definition) is 4. The molecule has 0 spiro atoms. The molecule has 1 saturated heterocycles. The maximum Gasteiger partial charge on any atom is 0.253 e. The summed E-state index contributed by atoms with van der Waals surface area (Å²) in [5.74, 6) is 0.456. The van der Waals surface area contributed by atoms with Gasteiger partial charge >= 0.3 is 0 Å². The van der Waals surface area contributed by atoms with Crippen molar-refractivity contribution in [3.8, 4) is 5.75 Å². The summed E-state index contributed by atoms with van der Waals surface area (Å²) in [5.41, 5.74) is 1.63. The van der Waals surface area contributed by atoms with Crippen molar-refractivity contribution in [1.29, 1.82) is 0 Å². The molecule has 0 aliphatic carbocycles. The molecule has 1 unspecified atom stereocenters. The Hall–Kier alpha value is -2.57. The molecule has 0 radical (unpaired) electrons. The zero-order valence-electron chi connectivity index (χ0n) is 15.0. The van der Waals surface area contributed by atoms with Crippen LogP contribution < -0.4 is 15.0 Å². The van der Waals surface area contributed by atoms with Gasteiger partial charge in [0.25, 0.3) is 5.91 Å². The minimum absolute atomic E-state index is 0.0189. The Morgan fingerprint density at radius 1 is 1.30 bits per heavy atom. The van der Waals surface area contributed by atoms with Crippen LogP contribution in [0, 0.1) is 0 Å². The second-order valence-electron chi connectivity index (χ2n) is 6.25. The number of anilines is 1. The van der Waals surface area contributed by atoms with E-state index >= 15 is 0 Å². The molecule has 1 aliphatic heterocycles. The van der Waals surface area contributed by atoms with Gasteiger partial charge in [0.15, 0.2) is 0 Å². The molecule has 27 heavy (non-hydrogen) atoms. The minimum atomic E-state index is -0.275. The predicted octanol–water partition coefficient (Wildman–Crippen LogP) is 2.44. The van der Waals surface area contributed by atoms with Crippen molar-refractivity contribution in [1.82, 2.24) is 5.32 Å². The molecule has 142 valence electrons. The Labute approximate surface area is 163 Å². The van der Waals surface area contributed by atoms with Gasteiger partial charge in [0.1, 0.15) is 12.4 Å². The summed E-state index contributed by atoms with van der Waals surface area (Å²) >= 11 is 5.85. The molecule has 2 aromatic carbocycles. The van der Waals surface area contributed by atoms with E-state index in [9.17, 15) is 9.59 Å². The first-order valence-corrected chi connectivity index (χ1v) is 9.00. The molecule has 1 atom stereocenters. The van der Waals surface area contributed by atoms with Crippen molar-refractivity contribution >= 4 is 29.1 Å². The lowest BCUT2D eigenvalue weighted by atomic mass is 10.1. The predicted molar refractivity (Wildman–Crippen MR) is 103 cm³/mol. The van der Waals surface area contributed by atoms with Crippen LogP contribution in [0.15, 0.2) is 48.5 Å². The fourth-order valence-electron chi connectivity index (χ4n) is 2.85. The van der Waals surface area contributed by atoms with Crippen molar-refractivity contribution in [2.75, 3.05) is 31.7 Å². The van der Waals surface area contributed by atoms with E-state index < -0.39 is 0 Å². The van der Waals surface area contributed by atoms with Crippen LogP contribution in [0.4, 0.5) is 5.69 Å². The molecule has 6 nitrogen and oxygen atoms in total. The first-order chi connectivity index (χ1) is 13.0. The van der Waals surface area contributed by atoms with Crippen molar-refractivity contribution in [2.24, 2.45) is 0 Å². The number of carbonyl (C=O) groups excluding carboxylic acids is 2. The van der Waals surface area contributed by atoms with Gasteiger partial charge in [0.2, 0.25) is 5.91 Å². The number of nitrogens with one attached hydrogen (secondary N) is 1. The summed E-state index contributed by atoms with van der Waals surface area (Å²) in [6.07, 6.45) is -0.00865. The molecular formula is C20H21ClN2O4. The monoisotopic (exact) mass is 388 g/mol. The van der Waals surface area contributed by atoms with Crippen LogP contribution in [-0.2, 0) is 20.7 Å². The number of ether oxygens (including phenoxy) is 2. The number of carbonyl (C=O) groups is 2. The van der Waals surface area contributed by atoms with Crippen LogP contribution >= 0.6 is 11.6 Å². The lowest BCUT2D eigenvalue weighted by Gasteiger charge is -2.33. The third-order valence-electron chi connectivity index (χ3n) is 4.30. The summed E-state index contributed by atoms with van der Waals surface area (Å²) in [7, 11) is 1.58. The number of benzene rings is 2. The Bertz CT molecular complexity index is 810. The van der Waals surface area contributed by atoms with Gasteiger partial charge in [-0.15, -0.1) is 0 Å². The van der Waals surface area contributed by atoms with Crippen molar-refractivity contribution in [3.05, 3.63) is 59.1 Å². The van der Waals surface area contributed by atoms with E-state index in [1.807, 2.05) is 30.3 Å². The van der Waals surface area contributed by atoms with Gasteiger partial charge in [-0.05, 0) is 29.8 Å². The first kappa shape index (κ1) is 19.2. The third-order valence-corrected chi connectivity index (χ3v) is 4.55. The van der Waals surface area contributed by atoms with Crippen LogP contribution in [0.1, 0.15) is 5.56 Å². The molecule has 2 amide bonds. The molecule has 1 heterocycles. The number of halogens is 1. The average molecular weight is 389 g/mol. The number of rotatable bonds is 6. The molecule has 0 bridgehead atoms. The standard InChI is InChI=1S/C20H21ClN2O4/c1-26-17-4-2-3-16(10-17)23-12-18(27-13-20(23)25)11-22-19(24)9-14-5-7-15(21)8-6-14/h2-8,10,18H,9,11-13H2,1H3,(H,22,24). The van der Waals surface area contributed by atoms with E-state index in [1.54, 1.807) is 30.2 Å². The van der Waals surface area contributed by atoms with Gasteiger partial charge < -0.3 is 19.7 Å². The zero-order valence-corrected chi connectivity index (χ0v) is 15.7. The molecule has 2 aromatic rings. The normalized spacial score (nSPS) is 16.9. The largest absolute Gasteiger partial charge is 0.497 e. The summed E-state index contributed by atoms with van der Waals surface area (Å²) in [6, 6.07) is 14.5. The number of morpholine rings is 1. The fraction of sp³-hybridized carbons (Fsp3) is 0.300. The molecule has 1 N–H and O–H groups in total. The van der Waals surface area contributed by atoms with Crippen molar-refractivity contribution in [3.63, 3.8) is 0 Å². The fourth-order valence-corrected chi connectivity index (χ4v) is 2.98. The average Bonchev–Trinajstić information content (AvgIpc) is 2.69. The second kappa shape index (κ2) is 8.88. The van der Waals surface area contributed by atoms with E-state index in [-0.39, 0.29) is 30.9 Å². The van der Waals surface area contributed by atoms with E-state index in [2.05, 4.69) is 5.32 Å². The lowest BCUT2D eigenvalue weighted by molar-refractivity contribution is -0.129. The smallest absolute Gasteiger partial charge is 0.253 e. The minimum Gasteiger partial charge on any atom is -0.497 e. The Morgan fingerprint density at radius 2 is 2.07 bits per heavy atom. The molecule has 0 aromatic heterocycles. The summed E-state index contributed by atoms with van der Waals surface area (Å²) in [5, 5.41) is 3.50. The first-order valence-electron chi connectivity index (χ1n) is 8.62. The third kappa shape index (κ3) is 5.21. The van der Waals surface area contributed by atoms with E-state index in [0.717, 1.165) is 11.3 Å². The highest BCUT2D eigenvalue weighted by molar-refractivity contribution is 6.30. The number of methoxy groups -OCH3 is 1. The van der Waals surface area contributed by atoms with Gasteiger partial charge in [-0.25, -0.2) is 0 Å². The molecule has 3 rings (SSSR count). The van der Waals surface area contributed by atoms with Gasteiger partial charge in [-0.3, -0.25) is 9.59 Å².